The van der Waals surface area contributed by atoms with Gasteiger partial charge < -0.3 is 4.90 Å². The molecule has 0 aromatic heterocycles. The van der Waals surface area contributed by atoms with E-state index in [2.05, 4.69) is 62.2 Å². The summed E-state index contributed by atoms with van der Waals surface area (Å²) in [4.78, 5) is 14.7. The zero-order chi connectivity index (χ0) is 20.5. The summed E-state index contributed by atoms with van der Waals surface area (Å²) in [5.74, 6) is 0.145. The van der Waals surface area contributed by atoms with Crippen LogP contribution in [0.5, 0.6) is 0 Å². The van der Waals surface area contributed by atoms with Crippen molar-refractivity contribution in [2.24, 2.45) is 5.10 Å². The Hall–Kier alpha value is -2.33. The van der Waals surface area contributed by atoms with E-state index in [9.17, 15) is 4.79 Å². The van der Waals surface area contributed by atoms with Crippen molar-refractivity contribution in [3.05, 3.63) is 64.2 Å². The largest absolute Gasteiger partial charge is 0.364 e. The zero-order valence-corrected chi connectivity index (χ0v) is 17.9. The average Bonchev–Trinajstić information content (AvgIpc) is 2.61. The molecule has 0 radical (unpaired) electrons. The Balaban J connectivity index is 1.80. The number of anilines is 1. The predicted octanol–water partition coefficient (Wildman–Crippen LogP) is 5.60. The van der Waals surface area contributed by atoms with Crippen molar-refractivity contribution in [1.29, 1.82) is 0 Å². The lowest BCUT2D eigenvalue weighted by atomic mass is 9.79. The van der Waals surface area contributed by atoms with Crippen LogP contribution in [-0.4, -0.2) is 23.7 Å². The van der Waals surface area contributed by atoms with Crippen molar-refractivity contribution >= 4 is 29.4 Å². The maximum absolute atomic E-state index is 12.2. The molecule has 1 heterocycles. The number of rotatable bonds is 4. The van der Waals surface area contributed by atoms with Crippen LogP contribution in [0.25, 0.3) is 0 Å². The van der Waals surface area contributed by atoms with Gasteiger partial charge in [-0.05, 0) is 75.4 Å². The molecule has 0 saturated heterocycles. The summed E-state index contributed by atoms with van der Waals surface area (Å²) in [5, 5.41) is 4.53. The highest BCUT2D eigenvalue weighted by Gasteiger charge is 2.37. The standard InChI is InChI=1S/C23H28ClN3O/c1-15(2)27-21-11-10-17(12-19(21)16(3)13-23(27,4)5)14-25-26-22(28)18-8-6-7-9-20(18)24/h6-12,14-16H,13H2,1-5H3,(H,26,28)/b25-14-/t16-/m1/s1. The van der Waals surface area contributed by atoms with E-state index in [0.717, 1.165) is 12.0 Å². The van der Waals surface area contributed by atoms with E-state index in [1.54, 1.807) is 30.5 Å². The minimum Gasteiger partial charge on any atom is -0.364 e. The van der Waals surface area contributed by atoms with Crippen molar-refractivity contribution in [2.45, 2.75) is 58.5 Å². The average molecular weight is 398 g/mol. The van der Waals surface area contributed by atoms with Gasteiger partial charge in [0.2, 0.25) is 0 Å². The summed E-state index contributed by atoms with van der Waals surface area (Å²) in [6.45, 7) is 11.4. The highest BCUT2D eigenvalue weighted by atomic mass is 35.5. The molecule has 4 nitrogen and oxygen atoms in total. The van der Waals surface area contributed by atoms with Crippen LogP contribution < -0.4 is 10.3 Å². The van der Waals surface area contributed by atoms with Crippen LogP contribution in [0.2, 0.25) is 5.02 Å². The summed E-state index contributed by atoms with van der Waals surface area (Å²) in [5.41, 5.74) is 6.67. The summed E-state index contributed by atoms with van der Waals surface area (Å²) in [6.07, 6.45) is 2.78. The Kier molecular flexibility index (Phi) is 5.80. The van der Waals surface area contributed by atoms with Crippen molar-refractivity contribution in [3.8, 4) is 0 Å². The van der Waals surface area contributed by atoms with Gasteiger partial charge in [0.1, 0.15) is 0 Å². The van der Waals surface area contributed by atoms with Gasteiger partial charge in [-0.2, -0.15) is 5.10 Å². The number of nitrogens with zero attached hydrogens (tertiary/aromatic N) is 2. The van der Waals surface area contributed by atoms with E-state index < -0.39 is 0 Å². The van der Waals surface area contributed by atoms with Crippen LogP contribution in [-0.2, 0) is 0 Å². The first-order valence-electron chi connectivity index (χ1n) is 9.72. The fourth-order valence-corrected chi connectivity index (χ4v) is 4.62. The normalized spacial score (nSPS) is 18.4. The lowest BCUT2D eigenvalue weighted by molar-refractivity contribution is 0.0955. The lowest BCUT2D eigenvalue weighted by Gasteiger charge is -2.50. The van der Waals surface area contributed by atoms with E-state index >= 15 is 0 Å². The van der Waals surface area contributed by atoms with Crippen LogP contribution in [0.15, 0.2) is 47.6 Å². The molecule has 1 atom stereocenters. The second kappa shape index (κ2) is 7.96. The van der Waals surface area contributed by atoms with Crippen LogP contribution in [0.3, 0.4) is 0 Å². The van der Waals surface area contributed by atoms with E-state index in [0.29, 0.717) is 22.5 Å². The molecule has 5 heteroatoms. The molecule has 1 aliphatic heterocycles. The number of fused-ring (bicyclic) bond motifs is 1. The van der Waals surface area contributed by atoms with Crippen molar-refractivity contribution in [3.63, 3.8) is 0 Å². The maximum atomic E-state index is 12.2. The molecule has 1 amide bonds. The molecular weight excluding hydrogens is 370 g/mol. The molecule has 2 aromatic carbocycles. The summed E-state index contributed by atoms with van der Waals surface area (Å²) in [6, 6.07) is 13.8. The van der Waals surface area contributed by atoms with E-state index in [1.165, 1.54) is 11.3 Å². The van der Waals surface area contributed by atoms with Gasteiger partial charge in [-0.25, -0.2) is 5.43 Å². The third-order valence-corrected chi connectivity index (χ3v) is 5.64. The van der Waals surface area contributed by atoms with Crippen molar-refractivity contribution < 1.29 is 4.79 Å². The van der Waals surface area contributed by atoms with Crippen LogP contribution in [0, 0.1) is 0 Å². The SMILES string of the molecule is CC(C)N1c2ccc(/C=N\NC(=O)c3ccccc3Cl)cc2[C@H](C)CC1(C)C. The van der Waals surface area contributed by atoms with Gasteiger partial charge in [-0.15, -0.1) is 0 Å². The van der Waals surface area contributed by atoms with Gasteiger partial charge in [-0.1, -0.05) is 36.7 Å². The number of carbonyl (C=O) groups excluding carboxylic acids is 1. The molecule has 0 bridgehead atoms. The molecule has 28 heavy (non-hydrogen) atoms. The third kappa shape index (κ3) is 4.07. The highest BCUT2D eigenvalue weighted by Crippen LogP contribution is 2.44. The molecule has 0 saturated carbocycles. The van der Waals surface area contributed by atoms with Crippen LogP contribution in [0.4, 0.5) is 5.69 Å². The van der Waals surface area contributed by atoms with E-state index in [-0.39, 0.29) is 11.4 Å². The number of amides is 1. The minimum absolute atomic E-state index is 0.124. The van der Waals surface area contributed by atoms with Crippen LogP contribution in [0.1, 0.15) is 68.4 Å². The minimum atomic E-state index is -0.319. The Morgan fingerprint density at radius 2 is 2.00 bits per heavy atom. The molecule has 0 unspecified atom stereocenters. The molecule has 1 aliphatic rings. The van der Waals surface area contributed by atoms with Gasteiger partial charge in [0.25, 0.3) is 5.91 Å². The summed E-state index contributed by atoms with van der Waals surface area (Å²) < 4.78 is 0. The second-order valence-corrected chi connectivity index (χ2v) is 8.79. The molecule has 0 fully saturated rings. The number of hydrazone groups is 1. The first-order chi connectivity index (χ1) is 13.2. The number of carbonyl (C=O) groups is 1. The Bertz CT molecular complexity index is 904. The smallest absolute Gasteiger partial charge is 0.272 e. The van der Waals surface area contributed by atoms with Gasteiger partial charge in [-0.3, -0.25) is 4.79 Å². The molecule has 0 aliphatic carbocycles. The second-order valence-electron chi connectivity index (χ2n) is 8.38. The molecule has 2 aromatic rings. The summed E-state index contributed by atoms with van der Waals surface area (Å²) in [7, 11) is 0. The lowest BCUT2D eigenvalue weighted by Crippen LogP contribution is -2.51. The van der Waals surface area contributed by atoms with Gasteiger partial charge >= 0.3 is 0 Å². The number of nitrogens with one attached hydrogen (secondary N) is 1. The Morgan fingerprint density at radius 3 is 2.68 bits per heavy atom. The van der Waals surface area contributed by atoms with Gasteiger partial charge in [0, 0.05) is 17.3 Å². The number of hydrogen-bond acceptors (Lipinski definition) is 3. The van der Waals surface area contributed by atoms with Gasteiger partial charge in [0.05, 0.1) is 16.8 Å². The molecule has 0 spiro atoms. The molecule has 3 rings (SSSR count). The summed E-state index contributed by atoms with van der Waals surface area (Å²) >= 11 is 6.06. The zero-order valence-electron chi connectivity index (χ0n) is 17.2. The van der Waals surface area contributed by atoms with Crippen molar-refractivity contribution in [2.75, 3.05) is 4.90 Å². The molecular formula is C23H28ClN3O. The maximum Gasteiger partial charge on any atom is 0.272 e. The quantitative estimate of drug-likeness (QED) is 0.538. The van der Waals surface area contributed by atoms with Crippen LogP contribution >= 0.6 is 11.6 Å². The highest BCUT2D eigenvalue weighted by molar-refractivity contribution is 6.33. The monoisotopic (exact) mass is 397 g/mol. The number of halogens is 1. The fraction of sp³-hybridized carbons (Fsp3) is 0.391. The first-order valence-corrected chi connectivity index (χ1v) is 10.1. The first kappa shape index (κ1) is 20.4. The fourth-order valence-electron chi connectivity index (χ4n) is 4.40. The predicted molar refractivity (Wildman–Crippen MR) is 118 cm³/mol. The van der Waals surface area contributed by atoms with Crippen molar-refractivity contribution in [1.82, 2.24) is 5.43 Å². The number of hydrogen-bond donors (Lipinski definition) is 1. The topological polar surface area (TPSA) is 44.7 Å². The van der Waals surface area contributed by atoms with E-state index in [4.69, 9.17) is 11.6 Å². The molecule has 148 valence electrons. The third-order valence-electron chi connectivity index (χ3n) is 5.31. The Morgan fingerprint density at radius 1 is 1.29 bits per heavy atom. The van der Waals surface area contributed by atoms with E-state index in [1.807, 2.05) is 6.07 Å². The molecule has 1 N–H and O–H groups in total. The van der Waals surface area contributed by atoms with Gasteiger partial charge in [0.15, 0.2) is 0 Å². The number of benzene rings is 2. The Labute approximate surface area is 172 Å².